The van der Waals surface area contributed by atoms with Crippen LogP contribution in [0.5, 0.6) is 0 Å². The molecule has 0 aromatic carbocycles. The lowest BCUT2D eigenvalue weighted by Gasteiger charge is -2.08. The van der Waals surface area contributed by atoms with Gasteiger partial charge in [-0.1, -0.05) is 0 Å². The molecule has 0 aliphatic carbocycles. The predicted octanol–water partition coefficient (Wildman–Crippen LogP) is 1.38. The number of nitrogens with one attached hydrogen (secondary N) is 1. The lowest BCUT2D eigenvalue weighted by atomic mass is 10.5. The molecule has 9 heavy (non-hydrogen) atoms. The first-order valence-corrected chi connectivity index (χ1v) is 3.04. The van der Waals surface area contributed by atoms with E-state index in [1.165, 1.54) is 0 Å². The standard InChI is InChI=1S/C6H13NO2/c1-4-8-6(7)9-5(2)3/h5,7H,4H2,1-3H3. The second kappa shape index (κ2) is 4.18. The summed E-state index contributed by atoms with van der Waals surface area (Å²) < 4.78 is 9.57. The zero-order valence-electron chi connectivity index (χ0n) is 6.10. The predicted molar refractivity (Wildman–Crippen MR) is 35.6 cm³/mol. The highest BCUT2D eigenvalue weighted by Crippen LogP contribution is 1.89. The van der Waals surface area contributed by atoms with Crippen LogP contribution >= 0.6 is 0 Å². The summed E-state index contributed by atoms with van der Waals surface area (Å²) in [6.07, 6.45) is -0.0588. The minimum atomic E-state index is -0.0903. The second-order valence-electron chi connectivity index (χ2n) is 1.89. The van der Waals surface area contributed by atoms with Gasteiger partial charge < -0.3 is 9.47 Å². The molecule has 0 heterocycles. The van der Waals surface area contributed by atoms with E-state index in [-0.39, 0.29) is 12.2 Å². The summed E-state index contributed by atoms with van der Waals surface area (Å²) in [5.74, 6) is 0. The van der Waals surface area contributed by atoms with Gasteiger partial charge in [0.15, 0.2) is 0 Å². The fraction of sp³-hybridized carbons (Fsp3) is 0.833. The SMILES string of the molecule is CCOC(=N)OC(C)C. The zero-order chi connectivity index (χ0) is 7.28. The molecule has 0 bridgehead atoms. The van der Waals surface area contributed by atoms with Crippen molar-refractivity contribution in [3.63, 3.8) is 0 Å². The number of hydrogen-bond donors (Lipinski definition) is 1. The van der Waals surface area contributed by atoms with E-state index < -0.39 is 0 Å². The first-order chi connectivity index (χ1) is 4.16. The van der Waals surface area contributed by atoms with E-state index in [1.54, 1.807) is 0 Å². The third-order valence-electron chi connectivity index (χ3n) is 0.618. The van der Waals surface area contributed by atoms with Crippen LogP contribution in [0.25, 0.3) is 0 Å². The van der Waals surface area contributed by atoms with Gasteiger partial charge in [0, 0.05) is 0 Å². The van der Waals surface area contributed by atoms with Crippen molar-refractivity contribution in [2.45, 2.75) is 26.9 Å². The van der Waals surface area contributed by atoms with Crippen molar-refractivity contribution < 1.29 is 9.47 Å². The Bertz CT molecular complexity index is 91.1. The van der Waals surface area contributed by atoms with Crippen LogP contribution < -0.4 is 0 Å². The van der Waals surface area contributed by atoms with Gasteiger partial charge in [-0.15, -0.1) is 0 Å². The van der Waals surface area contributed by atoms with Crippen molar-refractivity contribution in [3.05, 3.63) is 0 Å². The normalized spacial score (nSPS) is 9.33. The van der Waals surface area contributed by atoms with E-state index in [0.29, 0.717) is 6.61 Å². The largest absolute Gasteiger partial charge is 0.451 e. The highest BCUT2D eigenvalue weighted by molar-refractivity contribution is 5.62. The van der Waals surface area contributed by atoms with Crippen LogP contribution in [-0.4, -0.2) is 18.8 Å². The van der Waals surface area contributed by atoms with E-state index in [4.69, 9.17) is 14.9 Å². The quantitative estimate of drug-likeness (QED) is 0.454. The number of hydrogen-bond acceptors (Lipinski definition) is 3. The minimum Gasteiger partial charge on any atom is -0.451 e. The van der Waals surface area contributed by atoms with Crippen molar-refractivity contribution in [2.24, 2.45) is 0 Å². The van der Waals surface area contributed by atoms with E-state index in [2.05, 4.69) is 0 Å². The van der Waals surface area contributed by atoms with Crippen molar-refractivity contribution in [3.8, 4) is 0 Å². The second-order valence-corrected chi connectivity index (χ2v) is 1.89. The topological polar surface area (TPSA) is 42.3 Å². The summed E-state index contributed by atoms with van der Waals surface area (Å²) in [5.41, 5.74) is 0. The molecule has 0 aliphatic heterocycles. The van der Waals surface area contributed by atoms with Crippen molar-refractivity contribution in [2.75, 3.05) is 6.61 Å². The average molecular weight is 131 g/mol. The molecular formula is C6H13NO2. The summed E-state index contributed by atoms with van der Waals surface area (Å²) >= 11 is 0. The molecule has 0 aliphatic rings. The Morgan fingerprint density at radius 1 is 1.56 bits per heavy atom. The summed E-state index contributed by atoms with van der Waals surface area (Å²) in [6.45, 7) is 6.02. The third kappa shape index (κ3) is 5.14. The first-order valence-electron chi connectivity index (χ1n) is 3.04. The fourth-order valence-corrected chi connectivity index (χ4v) is 0.379. The molecule has 3 heteroatoms. The van der Waals surface area contributed by atoms with Crippen LogP contribution in [0, 0.1) is 5.41 Å². The Labute approximate surface area is 55.5 Å². The molecule has 0 unspecified atom stereocenters. The Morgan fingerprint density at radius 3 is 2.44 bits per heavy atom. The molecule has 0 fully saturated rings. The number of ether oxygens (including phenoxy) is 2. The van der Waals surface area contributed by atoms with Gasteiger partial charge in [0.05, 0.1) is 12.7 Å². The molecule has 0 rings (SSSR count). The van der Waals surface area contributed by atoms with Gasteiger partial charge in [0.1, 0.15) is 0 Å². The average Bonchev–Trinajstić information content (AvgIpc) is 1.63. The smallest absolute Gasteiger partial charge is 0.380 e. The van der Waals surface area contributed by atoms with E-state index in [0.717, 1.165) is 0 Å². The van der Waals surface area contributed by atoms with Crippen LogP contribution in [0.15, 0.2) is 0 Å². The van der Waals surface area contributed by atoms with E-state index in [9.17, 15) is 0 Å². The summed E-state index contributed by atoms with van der Waals surface area (Å²) in [4.78, 5) is 0. The van der Waals surface area contributed by atoms with Gasteiger partial charge >= 0.3 is 6.08 Å². The third-order valence-corrected chi connectivity index (χ3v) is 0.618. The fourth-order valence-electron chi connectivity index (χ4n) is 0.379. The van der Waals surface area contributed by atoms with Gasteiger partial charge in [0.2, 0.25) is 0 Å². The molecule has 0 atom stereocenters. The Kier molecular flexibility index (Phi) is 3.84. The molecule has 0 amide bonds. The molecule has 3 nitrogen and oxygen atoms in total. The molecular weight excluding hydrogens is 118 g/mol. The van der Waals surface area contributed by atoms with Crippen molar-refractivity contribution >= 4 is 6.08 Å². The molecule has 0 aromatic rings. The van der Waals surface area contributed by atoms with Crippen LogP contribution in [-0.2, 0) is 9.47 Å². The van der Waals surface area contributed by atoms with Crippen molar-refractivity contribution in [1.82, 2.24) is 0 Å². The Hall–Kier alpha value is -0.730. The maximum Gasteiger partial charge on any atom is 0.380 e. The lowest BCUT2D eigenvalue weighted by Crippen LogP contribution is -2.13. The van der Waals surface area contributed by atoms with Crippen LogP contribution in [0.1, 0.15) is 20.8 Å². The van der Waals surface area contributed by atoms with Crippen molar-refractivity contribution in [1.29, 1.82) is 5.41 Å². The molecule has 0 radical (unpaired) electrons. The molecule has 0 spiro atoms. The number of rotatable bonds is 2. The monoisotopic (exact) mass is 131 g/mol. The summed E-state index contributed by atoms with van der Waals surface area (Å²) in [5, 5.41) is 6.97. The highest BCUT2D eigenvalue weighted by Gasteiger charge is 1.98. The maximum absolute atomic E-state index is 6.97. The maximum atomic E-state index is 6.97. The van der Waals surface area contributed by atoms with Gasteiger partial charge in [-0.2, -0.15) is 0 Å². The minimum absolute atomic E-state index is 0.0315. The molecule has 54 valence electrons. The molecule has 0 saturated heterocycles. The van der Waals surface area contributed by atoms with Gasteiger partial charge in [-0.3, -0.25) is 0 Å². The van der Waals surface area contributed by atoms with Crippen LogP contribution in [0.2, 0.25) is 0 Å². The van der Waals surface area contributed by atoms with Crippen LogP contribution in [0.4, 0.5) is 0 Å². The lowest BCUT2D eigenvalue weighted by molar-refractivity contribution is 0.130. The van der Waals surface area contributed by atoms with Crippen LogP contribution in [0.3, 0.4) is 0 Å². The van der Waals surface area contributed by atoms with Gasteiger partial charge in [-0.25, -0.2) is 5.41 Å². The Balaban J connectivity index is 3.27. The molecule has 0 aromatic heterocycles. The van der Waals surface area contributed by atoms with Gasteiger partial charge in [-0.05, 0) is 20.8 Å². The molecule has 1 N–H and O–H groups in total. The summed E-state index contributed by atoms with van der Waals surface area (Å²) in [7, 11) is 0. The first kappa shape index (κ1) is 8.27. The highest BCUT2D eigenvalue weighted by atomic mass is 16.7. The van der Waals surface area contributed by atoms with Gasteiger partial charge in [0.25, 0.3) is 0 Å². The summed E-state index contributed by atoms with van der Waals surface area (Å²) in [6, 6.07) is 0. The molecule has 0 saturated carbocycles. The van der Waals surface area contributed by atoms with E-state index >= 15 is 0 Å². The van der Waals surface area contributed by atoms with E-state index in [1.807, 2.05) is 20.8 Å². The Morgan fingerprint density at radius 2 is 2.11 bits per heavy atom. The zero-order valence-corrected chi connectivity index (χ0v) is 6.10.